The van der Waals surface area contributed by atoms with E-state index in [-0.39, 0.29) is 18.4 Å². The predicted octanol–water partition coefficient (Wildman–Crippen LogP) is 2.35. The molecule has 1 fully saturated rings. The Hall–Kier alpha value is -1.27. The van der Waals surface area contributed by atoms with Gasteiger partial charge in [0, 0.05) is 24.6 Å². The Morgan fingerprint density at radius 1 is 1.45 bits per heavy atom. The molecule has 1 aromatic carbocycles. The molecular weight excluding hydrogens is 325 g/mol. The van der Waals surface area contributed by atoms with Crippen LogP contribution < -0.4 is 16.1 Å². The van der Waals surface area contributed by atoms with Crippen LogP contribution in [-0.2, 0) is 9.63 Å². The zero-order valence-corrected chi connectivity index (χ0v) is 13.8. The fourth-order valence-electron chi connectivity index (χ4n) is 2.25. The van der Waals surface area contributed by atoms with Gasteiger partial charge >= 0.3 is 0 Å². The first-order chi connectivity index (χ1) is 10.6. The normalized spacial score (nSPS) is 18.3. The van der Waals surface area contributed by atoms with Gasteiger partial charge in [-0.1, -0.05) is 29.3 Å². The van der Waals surface area contributed by atoms with Gasteiger partial charge in [0.25, 0.3) is 0 Å². The van der Waals surface area contributed by atoms with Crippen molar-refractivity contribution in [2.24, 2.45) is 0 Å². The van der Waals surface area contributed by atoms with Gasteiger partial charge in [0.1, 0.15) is 0 Å². The Bertz CT molecular complexity index is 558. The highest BCUT2D eigenvalue weighted by molar-refractivity contribution is 6.42. The lowest BCUT2D eigenvalue weighted by Crippen LogP contribution is -2.35. The van der Waals surface area contributed by atoms with Crippen molar-refractivity contribution >= 4 is 34.8 Å². The first kappa shape index (κ1) is 17.1. The fraction of sp³-hybridized carbons (Fsp3) is 0.400. The number of halogens is 2. The number of amides is 1. The quantitative estimate of drug-likeness (QED) is 0.694. The molecule has 1 atom stereocenters. The third-order valence-electron chi connectivity index (χ3n) is 3.36. The summed E-state index contributed by atoms with van der Waals surface area (Å²) in [4.78, 5) is 16.9. The molecule has 7 heteroatoms. The van der Waals surface area contributed by atoms with E-state index >= 15 is 0 Å². The van der Waals surface area contributed by atoms with Gasteiger partial charge < -0.3 is 10.6 Å². The van der Waals surface area contributed by atoms with E-state index in [0.29, 0.717) is 15.7 Å². The maximum atomic E-state index is 12.0. The summed E-state index contributed by atoms with van der Waals surface area (Å²) in [6.45, 7) is 1.77. The highest BCUT2D eigenvalue weighted by Crippen LogP contribution is 2.25. The van der Waals surface area contributed by atoms with Gasteiger partial charge in [0.2, 0.25) is 5.91 Å². The Morgan fingerprint density at radius 2 is 2.27 bits per heavy atom. The molecule has 0 radical (unpaired) electrons. The van der Waals surface area contributed by atoms with Crippen LogP contribution in [0.15, 0.2) is 24.3 Å². The van der Waals surface area contributed by atoms with E-state index < -0.39 is 0 Å². The maximum Gasteiger partial charge on any atom is 0.224 e. The summed E-state index contributed by atoms with van der Waals surface area (Å²) in [7, 11) is 1.51. The average Bonchev–Trinajstić information content (AvgIpc) is 2.99. The zero-order valence-electron chi connectivity index (χ0n) is 12.3. The van der Waals surface area contributed by atoms with Gasteiger partial charge in [0.15, 0.2) is 0 Å². The lowest BCUT2D eigenvalue weighted by molar-refractivity contribution is -0.120. The smallest absolute Gasteiger partial charge is 0.224 e. The monoisotopic (exact) mass is 343 g/mol. The SMILES string of the molecule is CONC(=CCC(=O)NC1CCNC1)c1ccc(Cl)c(Cl)c1. The molecule has 1 heterocycles. The van der Waals surface area contributed by atoms with E-state index in [9.17, 15) is 4.79 Å². The lowest BCUT2D eigenvalue weighted by atomic mass is 10.1. The van der Waals surface area contributed by atoms with Crippen LogP contribution in [0.4, 0.5) is 0 Å². The number of carbonyl (C=O) groups excluding carboxylic acids is 1. The number of hydrogen-bond donors (Lipinski definition) is 3. The lowest BCUT2D eigenvalue weighted by Gasteiger charge is -2.12. The second-order valence-electron chi connectivity index (χ2n) is 5.01. The van der Waals surface area contributed by atoms with Gasteiger partial charge in [0.05, 0.1) is 22.9 Å². The summed E-state index contributed by atoms with van der Waals surface area (Å²) in [5, 5.41) is 7.13. The first-order valence-corrected chi connectivity index (χ1v) is 7.80. The minimum Gasteiger partial charge on any atom is -0.352 e. The molecule has 0 spiro atoms. The molecule has 22 heavy (non-hydrogen) atoms. The number of nitrogens with one attached hydrogen (secondary N) is 3. The zero-order chi connectivity index (χ0) is 15.9. The van der Waals surface area contributed by atoms with E-state index in [0.717, 1.165) is 25.1 Å². The molecule has 0 saturated carbocycles. The summed E-state index contributed by atoms with van der Waals surface area (Å²) in [6.07, 6.45) is 2.98. The fourth-order valence-corrected chi connectivity index (χ4v) is 2.55. The van der Waals surface area contributed by atoms with Crippen molar-refractivity contribution in [3.8, 4) is 0 Å². The molecule has 120 valence electrons. The topological polar surface area (TPSA) is 62.4 Å². The van der Waals surface area contributed by atoms with Gasteiger partial charge in [-0.2, -0.15) is 0 Å². The Balaban J connectivity index is 2.02. The summed E-state index contributed by atoms with van der Waals surface area (Å²) < 4.78 is 0. The Kier molecular flexibility index (Phi) is 6.51. The molecule has 5 nitrogen and oxygen atoms in total. The molecule has 1 amide bonds. The van der Waals surface area contributed by atoms with Crippen LogP contribution in [-0.4, -0.2) is 32.1 Å². The number of hydrogen-bond acceptors (Lipinski definition) is 4. The minimum absolute atomic E-state index is 0.0239. The van der Waals surface area contributed by atoms with Gasteiger partial charge in [-0.3, -0.25) is 15.1 Å². The van der Waals surface area contributed by atoms with Crippen LogP contribution in [0.25, 0.3) is 5.70 Å². The molecule has 2 rings (SSSR count). The van der Waals surface area contributed by atoms with Crippen molar-refractivity contribution in [1.29, 1.82) is 0 Å². The number of carbonyl (C=O) groups is 1. The van der Waals surface area contributed by atoms with Crippen LogP contribution in [0, 0.1) is 0 Å². The summed E-state index contributed by atoms with van der Waals surface area (Å²) in [5.41, 5.74) is 4.23. The number of benzene rings is 1. The van der Waals surface area contributed by atoms with Crippen molar-refractivity contribution < 1.29 is 9.63 Å². The van der Waals surface area contributed by atoms with Crippen LogP contribution >= 0.6 is 23.2 Å². The maximum absolute atomic E-state index is 12.0. The predicted molar refractivity (Wildman–Crippen MR) is 88.6 cm³/mol. The molecule has 1 unspecified atom stereocenters. The van der Waals surface area contributed by atoms with Gasteiger partial charge in [-0.15, -0.1) is 0 Å². The van der Waals surface area contributed by atoms with Crippen LogP contribution in [0.1, 0.15) is 18.4 Å². The van der Waals surface area contributed by atoms with E-state index in [4.69, 9.17) is 28.0 Å². The highest BCUT2D eigenvalue weighted by Gasteiger charge is 2.16. The highest BCUT2D eigenvalue weighted by atomic mass is 35.5. The van der Waals surface area contributed by atoms with Crippen molar-refractivity contribution in [2.45, 2.75) is 18.9 Å². The second kappa shape index (κ2) is 8.39. The van der Waals surface area contributed by atoms with Gasteiger partial charge in [-0.05, 0) is 31.2 Å². The molecule has 0 aliphatic carbocycles. The van der Waals surface area contributed by atoms with E-state index in [1.165, 1.54) is 7.11 Å². The van der Waals surface area contributed by atoms with Crippen LogP contribution in [0.5, 0.6) is 0 Å². The van der Waals surface area contributed by atoms with E-state index in [1.54, 1.807) is 18.2 Å². The van der Waals surface area contributed by atoms with Crippen molar-refractivity contribution in [1.82, 2.24) is 16.1 Å². The summed E-state index contributed by atoms with van der Waals surface area (Å²) in [6, 6.07) is 5.45. The van der Waals surface area contributed by atoms with Crippen molar-refractivity contribution in [3.05, 3.63) is 39.9 Å². The van der Waals surface area contributed by atoms with Gasteiger partial charge in [-0.25, -0.2) is 0 Å². The molecule has 3 N–H and O–H groups in total. The third kappa shape index (κ3) is 4.88. The largest absolute Gasteiger partial charge is 0.352 e. The second-order valence-corrected chi connectivity index (χ2v) is 5.83. The molecule has 1 saturated heterocycles. The van der Waals surface area contributed by atoms with Crippen molar-refractivity contribution in [3.63, 3.8) is 0 Å². The van der Waals surface area contributed by atoms with Crippen LogP contribution in [0.2, 0.25) is 10.0 Å². The Labute approximate surface area is 140 Å². The average molecular weight is 344 g/mol. The summed E-state index contributed by atoms with van der Waals surface area (Å²) in [5.74, 6) is -0.0239. The molecule has 1 aliphatic rings. The van der Waals surface area contributed by atoms with Crippen LogP contribution in [0.3, 0.4) is 0 Å². The van der Waals surface area contributed by atoms with E-state index in [1.807, 2.05) is 6.07 Å². The molecule has 0 bridgehead atoms. The number of hydroxylamine groups is 1. The van der Waals surface area contributed by atoms with Crippen molar-refractivity contribution in [2.75, 3.05) is 20.2 Å². The third-order valence-corrected chi connectivity index (χ3v) is 4.10. The first-order valence-electron chi connectivity index (χ1n) is 7.05. The summed E-state index contributed by atoms with van der Waals surface area (Å²) >= 11 is 11.9. The minimum atomic E-state index is -0.0239. The molecule has 1 aromatic rings. The standard InChI is InChI=1S/C15H19Cl2N3O2/c1-22-20-14(10-2-3-12(16)13(17)8-10)4-5-15(21)19-11-6-7-18-9-11/h2-4,8,11,18,20H,5-7,9H2,1H3,(H,19,21). The molecule has 0 aromatic heterocycles. The Morgan fingerprint density at radius 3 is 2.91 bits per heavy atom. The van der Waals surface area contributed by atoms with E-state index in [2.05, 4.69) is 16.1 Å². The molecular formula is C15H19Cl2N3O2. The molecule has 1 aliphatic heterocycles. The number of rotatable bonds is 6.